The largest absolute Gasteiger partial charge is 0.756 e. The van der Waals surface area contributed by atoms with Crippen molar-refractivity contribution < 1.29 is 37.3 Å². The van der Waals surface area contributed by atoms with Gasteiger partial charge in [0.05, 0.1) is 34.4 Å². The third kappa shape index (κ3) is 48.3. The highest BCUT2D eigenvalue weighted by Crippen LogP contribution is 2.38. The SMILES string of the molecule is CCCCCCCCC/C=C\CCCCCCCCOCC(COP(=O)([O-])OCC[N+](C)(C)C)OC(=O)CCCCCCCCCCCCCCCCCCCCCCC. The topological polar surface area (TPSA) is 94.1 Å². The van der Waals surface area contributed by atoms with Gasteiger partial charge in [-0.25, -0.2) is 0 Å². The van der Waals surface area contributed by atoms with Crippen molar-refractivity contribution >= 4 is 13.8 Å². The van der Waals surface area contributed by atoms with Crippen molar-refractivity contribution in [1.29, 1.82) is 0 Å². The van der Waals surface area contributed by atoms with Crippen LogP contribution in [-0.4, -0.2) is 70.7 Å². The fourth-order valence-corrected chi connectivity index (χ4v) is 8.27. The Bertz CT molecular complexity index is 972. The lowest BCUT2D eigenvalue weighted by Crippen LogP contribution is -2.37. The lowest BCUT2D eigenvalue weighted by molar-refractivity contribution is -0.870. The van der Waals surface area contributed by atoms with Crippen LogP contribution in [0.1, 0.15) is 251 Å². The van der Waals surface area contributed by atoms with Crippen LogP contribution in [0, 0.1) is 0 Å². The Balaban J connectivity index is 4.10. The number of rotatable bonds is 49. The smallest absolute Gasteiger partial charge is 0.306 e. The monoisotopic (exact) mass is 872 g/mol. The summed E-state index contributed by atoms with van der Waals surface area (Å²) in [4.78, 5) is 25.2. The molecule has 0 amide bonds. The molecule has 0 aliphatic rings. The van der Waals surface area contributed by atoms with E-state index in [4.69, 9.17) is 18.5 Å². The molecule has 0 aromatic heterocycles. The summed E-state index contributed by atoms with van der Waals surface area (Å²) in [6, 6.07) is 0. The van der Waals surface area contributed by atoms with Crippen LogP contribution in [0.5, 0.6) is 0 Å². The molecule has 0 spiro atoms. The van der Waals surface area contributed by atoms with Crippen molar-refractivity contribution in [2.75, 3.05) is 54.1 Å². The molecule has 0 aliphatic carbocycles. The Morgan fingerprint density at radius 2 is 0.867 bits per heavy atom. The minimum Gasteiger partial charge on any atom is -0.756 e. The zero-order valence-electron chi connectivity index (χ0n) is 40.7. The van der Waals surface area contributed by atoms with Crippen molar-refractivity contribution in [1.82, 2.24) is 0 Å². The van der Waals surface area contributed by atoms with Crippen molar-refractivity contribution in [3.05, 3.63) is 12.2 Å². The number of quaternary nitrogens is 1. The maximum atomic E-state index is 12.7. The van der Waals surface area contributed by atoms with E-state index in [1.54, 1.807) is 0 Å². The van der Waals surface area contributed by atoms with E-state index >= 15 is 0 Å². The average Bonchev–Trinajstić information content (AvgIpc) is 3.20. The summed E-state index contributed by atoms with van der Waals surface area (Å²) >= 11 is 0. The van der Waals surface area contributed by atoms with Crippen LogP contribution in [0.3, 0.4) is 0 Å². The van der Waals surface area contributed by atoms with Crippen molar-refractivity contribution in [3.8, 4) is 0 Å². The van der Waals surface area contributed by atoms with Gasteiger partial charge in [0.15, 0.2) is 0 Å². The molecule has 0 heterocycles. The second-order valence-electron chi connectivity index (χ2n) is 18.9. The van der Waals surface area contributed by atoms with Crippen LogP contribution in [0.4, 0.5) is 0 Å². The molecule has 0 aromatic rings. The van der Waals surface area contributed by atoms with Gasteiger partial charge in [0.2, 0.25) is 0 Å². The first-order chi connectivity index (χ1) is 29.1. The van der Waals surface area contributed by atoms with Gasteiger partial charge in [-0.15, -0.1) is 0 Å². The molecule has 8 nitrogen and oxygen atoms in total. The second-order valence-corrected chi connectivity index (χ2v) is 20.3. The molecule has 0 rings (SSSR count). The first-order valence-corrected chi connectivity index (χ1v) is 27.4. The van der Waals surface area contributed by atoms with E-state index < -0.39 is 13.9 Å². The zero-order chi connectivity index (χ0) is 44.1. The predicted molar refractivity (Wildman–Crippen MR) is 254 cm³/mol. The van der Waals surface area contributed by atoms with Gasteiger partial charge < -0.3 is 27.9 Å². The van der Waals surface area contributed by atoms with E-state index in [9.17, 15) is 14.3 Å². The van der Waals surface area contributed by atoms with E-state index in [1.165, 1.54) is 199 Å². The first-order valence-electron chi connectivity index (χ1n) is 25.9. The summed E-state index contributed by atoms with van der Waals surface area (Å²) < 4.78 is 34.7. The number of carbonyl (C=O) groups is 1. The summed E-state index contributed by atoms with van der Waals surface area (Å²) in [7, 11) is 1.37. The third-order valence-corrected chi connectivity index (χ3v) is 12.5. The Morgan fingerprint density at radius 1 is 0.500 bits per heavy atom. The number of unbranched alkanes of at least 4 members (excludes halogenated alkanes) is 33. The van der Waals surface area contributed by atoms with Crippen LogP contribution in [-0.2, 0) is 27.9 Å². The van der Waals surface area contributed by atoms with Gasteiger partial charge in [0.25, 0.3) is 7.82 Å². The summed E-state index contributed by atoms with van der Waals surface area (Å²) in [5.41, 5.74) is 0. The molecule has 0 N–H and O–H groups in total. The molecule has 9 heteroatoms. The van der Waals surface area contributed by atoms with E-state index in [0.29, 0.717) is 24.1 Å². The van der Waals surface area contributed by atoms with E-state index in [-0.39, 0.29) is 25.8 Å². The number of phosphoric acid groups is 1. The van der Waals surface area contributed by atoms with Gasteiger partial charge in [0.1, 0.15) is 19.3 Å². The fraction of sp³-hybridized carbons (Fsp3) is 0.941. The van der Waals surface area contributed by atoms with Crippen molar-refractivity contribution in [3.63, 3.8) is 0 Å². The van der Waals surface area contributed by atoms with Gasteiger partial charge >= 0.3 is 5.97 Å². The highest BCUT2D eigenvalue weighted by atomic mass is 31.2. The maximum absolute atomic E-state index is 12.7. The van der Waals surface area contributed by atoms with Crippen LogP contribution >= 0.6 is 7.82 Å². The number of carbonyl (C=O) groups excluding carboxylic acids is 1. The molecule has 0 aromatic carbocycles. The summed E-state index contributed by atoms with van der Waals surface area (Å²) in [6.45, 7) is 5.46. The van der Waals surface area contributed by atoms with Gasteiger partial charge in [-0.05, 0) is 38.5 Å². The molecule has 0 saturated carbocycles. The predicted octanol–water partition coefficient (Wildman–Crippen LogP) is 15.2. The van der Waals surface area contributed by atoms with Crippen LogP contribution in [0.2, 0.25) is 0 Å². The lowest BCUT2D eigenvalue weighted by atomic mass is 10.0. The van der Waals surface area contributed by atoms with E-state index in [0.717, 1.165) is 32.1 Å². The van der Waals surface area contributed by atoms with Gasteiger partial charge in [0, 0.05) is 13.0 Å². The molecule has 0 aliphatic heterocycles. The van der Waals surface area contributed by atoms with Crippen molar-refractivity contribution in [2.24, 2.45) is 0 Å². The van der Waals surface area contributed by atoms with Crippen molar-refractivity contribution in [2.45, 2.75) is 258 Å². The van der Waals surface area contributed by atoms with Gasteiger partial charge in [-0.1, -0.05) is 219 Å². The average molecular weight is 872 g/mol. The standard InChI is InChI=1S/C51H102NO7P/c1-6-8-10-12-14-16-18-20-22-24-25-26-27-28-30-32-34-36-38-40-42-44-51(53)59-50(49-58-60(54,55)57-47-45-52(3,4)5)48-56-46-43-41-39-37-35-33-31-29-23-21-19-17-15-13-11-9-7-2/h23,29,50H,6-22,24-28,30-49H2,1-5H3/b29-23-. The fourth-order valence-electron chi connectivity index (χ4n) is 7.54. The molecule has 60 heavy (non-hydrogen) atoms. The molecular weight excluding hydrogens is 770 g/mol. The van der Waals surface area contributed by atoms with Crippen LogP contribution in [0.15, 0.2) is 12.2 Å². The summed E-state index contributed by atoms with van der Waals surface area (Å²) in [5.74, 6) is -0.329. The molecule has 0 bridgehead atoms. The number of hydrogen-bond acceptors (Lipinski definition) is 7. The minimum absolute atomic E-state index is 0.0285. The molecule has 2 unspecified atom stereocenters. The molecule has 0 fully saturated rings. The third-order valence-electron chi connectivity index (χ3n) is 11.6. The van der Waals surface area contributed by atoms with Gasteiger partial charge in [-0.3, -0.25) is 9.36 Å². The number of phosphoric ester groups is 1. The highest BCUT2D eigenvalue weighted by Gasteiger charge is 2.20. The Kier molecular flexibility index (Phi) is 44.3. The minimum atomic E-state index is -4.53. The number of hydrogen-bond donors (Lipinski definition) is 0. The Morgan fingerprint density at radius 3 is 1.27 bits per heavy atom. The van der Waals surface area contributed by atoms with Crippen LogP contribution in [0.25, 0.3) is 0 Å². The van der Waals surface area contributed by atoms with Gasteiger partial charge in [-0.2, -0.15) is 0 Å². The number of allylic oxidation sites excluding steroid dienone is 2. The molecular formula is C51H102NO7P. The highest BCUT2D eigenvalue weighted by molar-refractivity contribution is 7.45. The molecule has 358 valence electrons. The number of nitrogens with zero attached hydrogens (tertiary/aromatic N) is 1. The Labute approximate surface area is 373 Å². The zero-order valence-corrected chi connectivity index (χ0v) is 41.6. The Hall–Kier alpha value is -0.760. The summed E-state index contributed by atoms with van der Waals surface area (Å²) in [6.07, 6.45) is 50.9. The lowest BCUT2D eigenvalue weighted by Gasteiger charge is -2.28. The first kappa shape index (κ1) is 59.2. The van der Waals surface area contributed by atoms with E-state index in [2.05, 4.69) is 26.0 Å². The molecule has 0 saturated heterocycles. The quantitative estimate of drug-likeness (QED) is 0.0198. The number of ether oxygens (including phenoxy) is 2. The number of likely N-dealkylation sites (N-methyl/N-ethyl adjacent to an activating group) is 1. The van der Waals surface area contributed by atoms with E-state index in [1.807, 2.05) is 21.1 Å². The molecule has 2 atom stereocenters. The van der Waals surface area contributed by atoms with Crippen LogP contribution < -0.4 is 4.89 Å². The maximum Gasteiger partial charge on any atom is 0.306 e. The normalized spacial score (nSPS) is 13.6. The molecule has 0 radical (unpaired) electrons. The number of esters is 1. The second kappa shape index (κ2) is 44.8. The summed E-state index contributed by atoms with van der Waals surface area (Å²) in [5, 5.41) is 0.